The van der Waals surface area contributed by atoms with Gasteiger partial charge in [0.2, 0.25) is 12.4 Å². The van der Waals surface area contributed by atoms with Gasteiger partial charge in [-0.2, -0.15) is 0 Å². The minimum Gasteiger partial charge on any atom is -0.369 e. The number of halogens is 3. The Labute approximate surface area is 390 Å². The second-order valence-electron chi connectivity index (χ2n) is 18.0. The van der Waals surface area contributed by atoms with Crippen LogP contribution in [0.1, 0.15) is 111 Å². The number of rotatable bonds is 17. The molecule has 0 radical (unpaired) electrons. The Bertz CT molecular complexity index is 2290. The first-order valence-corrected chi connectivity index (χ1v) is 24.1. The van der Waals surface area contributed by atoms with Crippen LogP contribution in [0.15, 0.2) is 30.5 Å². The van der Waals surface area contributed by atoms with Crippen molar-refractivity contribution in [3.63, 3.8) is 0 Å². The second kappa shape index (κ2) is 23.6. The lowest BCUT2D eigenvalue weighted by Crippen LogP contribution is -2.40. The van der Waals surface area contributed by atoms with Gasteiger partial charge in [-0.25, -0.2) is 28.1 Å². The standard InChI is InChI=1S/C46H60F3N9O3S.C2H5NO/c1-29(2)58-31(4)51-44-39(48)23-33(25-42(44)58)43-40(49)27-50-46(53-43)52-35-11-20-57(21-12-35)62-36-13-16-55(17-14-36)15-8-32-9-18-56(19-10-32)41-26-37(34(28-60)24-38(41)47)45(61)54(5)30(3)7-6-22-59;1-3-2-4/h22-30,32,35-36H,6-21H2,1-5H3,(H,50,52,53);2H,1H3,(H,3,4). The van der Waals surface area contributed by atoms with Crippen LogP contribution in [0.4, 0.5) is 24.8 Å². The maximum atomic E-state index is 15.3. The first kappa shape index (κ1) is 50.3. The van der Waals surface area contributed by atoms with E-state index >= 15 is 13.2 Å². The maximum Gasteiger partial charge on any atom is 0.254 e. The molecule has 1 unspecified atom stereocenters. The fourth-order valence-electron chi connectivity index (χ4n) is 9.26. The molecule has 3 saturated heterocycles. The van der Waals surface area contributed by atoms with Crippen molar-refractivity contribution in [1.29, 1.82) is 0 Å². The highest BCUT2D eigenvalue weighted by Crippen LogP contribution is 2.34. The predicted octanol–water partition coefficient (Wildman–Crippen LogP) is 7.71. The molecule has 3 fully saturated rings. The van der Waals surface area contributed by atoms with Gasteiger partial charge in [0.15, 0.2) is 17.9 Å². The van der Waals surface area contributed by atoms with E-state index in [1.165, 1.54) is 23.1 Å². The Morgan fingerprint density at radius 3 is 2.24 bits per heavy atom. The summed E-state index contributed by atoms with van der Waals surface area (Å²) in [4.78, 5) is 64.3. The van der Waals surface area contributed by atoms with Crippen LogP contribution in [0.2, 0.25) is 0 Å². The molecular formula is C48H65F3N10O4S. The summed E-state index contributed by atoms with van der Waals surface area (Å²) in [6.07, 6.45) is 11.0. The number of aldehydes is 2. The number of benzene rings is 2. The molecular weight excluding hydrogens is 870 g/mol. The average molecular weight is 935 g/mol. The topological polar surface area (TPSA) is 149 Å². The van der Waals surface area contributed by atoms with Gasteiger partial charge in [0, 0.05) is 81.2 Å². The summed E-state index contributed by atoms with van der Waals surface area (Å²) in [5, 5.41) is 6.24. The first-order valence-electron chi connectivity index (χ1n) is 23.2. The van der Waals surface area contributed by atoms with Crippen LogP contribution < -0.4 is 15.5 Å². The van der Waals surface area contributed by atoms with E-state index < -0.39 is 17.5 Å². The van der Waals surface area contributed by atoms with E-state index in [1.807, 2.05) is 49.1 Å². The fourth-order valence-corrected chi connectivity index (χ4v) is 10.5. The molecule has 14 nitrogen and oxygen atoms in total. The van der Waals surface area contributed by atoms with Crippen LogP contribution in [0.3, 0.4) is 0 Å². The number of aromatic nitrogens is 4. The number of imidazole rings is 1. The summed E-state index contributed by atoms with van der Waals surface area (Å²) in [7, 11) is 3.21. The van der Waals surface area contributed by atoms with Crippen LogP contribution in [0, 0.1) is 30.3 Å². The van der Waals surface area contributed by atoms with Crippen LogP contribution in [0.5, 0.6) is 0 Å². The molecule has 4 aromatic rings. The molecule has 0 aliphatic carbocycles. The monoisotopic (exact) mass is 934 g/mol. The molecule has 3 aliphatic heterocycles. The van der Waals surface area contributed by atoms with E-state index in [9.17, 15) is 14.4 Å². The molecule has 5 heterocycles. The zero-order valence-electron chi connectivity index (χ0n) is 39.1. The van der Waals surface area contributed by atoms with Gasteiger partial charge in [0.25, 0.3) is 5.91 Å². The number of carbonyl (C=O) groups is 4. The lowest BCUT2D eigenvalue weighted by molar-refractivity contribution is -0.109. The molecule has 66 heavy (non-hydrogen) atoms. The van der Waals surface area contributed by atoms with Gasteiger partial charge < -0.3 is 34.7 Å². The number of aryl methyl sites for hydroxylation is 1. The number of likely N-dealkylation sites (tertiary alicyclic amines) is 1. The van der Waals surface area contributed by atoms with Crippen molar-refractivity contribution in [3.05, 3.63) is 64.9 Å². The van der Waals surface area contributed by atoms with Crippen molar-refractivity contribution in [2.45, 2.75) is 109 Å². The van der Waals surface area contributed by atoms with Gasteiger partial charge in [0.1, 0.15) is 29.1 Å². The van der Waals surface area contributed by atoms with Crippen molar-refractivity contribution >= 4 is 59.5 Å². The van der Waals surface area contributed by atoms with E-state index in [0.717, 1.165) is 90.2 Å². The number of nitrogens with one attached hydrogen (secondary N) is 2. The highest BCUT2D eigenvalue weighted by atomic mass is 32.2. The van der Waals surface area contributed by atoms with Crippen molar-refractivity contribution in [3.8, 4) is 11.3 Å². The largest absolute Gasteiger partial charge is 0.369 e. The Morgan fingerprint density at radius 1 is 0.909 bits per heavy atom. The lowest BCUT2D eigenvalue weighted by atomic mass is 9.92. The number of piperidine rings is 3. The third-order valence-electron chi connectivity index (χ3n) is 13.2. The van der Waals surface area contributed by atoms with Crippen LogP contribution in [0.25, 0.3) is 22.3 Å². The zero-order valence-corrected chi connectivity index (χ0v) is 39.9. The smallest absolute Gasteiger partial charge is 0.254 e. The van der Waals surface area contributed by atoms with Crippen molar-refractivity contribution < 1.29 is 32.3 Å². The summed E-state index contributed by atoms with van der Waals surface area (Å²) < 4.78 is 50.0. The van der Waals surface area contributed by atoms with Crippen molar-refractivity contribution in [2.24, 2.45) is 5.92 Å². The number of carbonyl (C=O) groups excluding carboxylic acids is 4. The number of hydrogen-bond acceptors (Lipinski definition) is 12. The molecule has 1 atom stereocenters. The molecule has 358 valence electrons. The third kappa shape index (κ3) is 12.5. The van der Waals surface area contributed by atoms with Crippen molar-refractivity contribution in [2.75, 3.05) is 70.1 Å². The third-order valence-corrected chi connectivity index (χ3v) is 14.6. The normalized spacial score (nSPS) is 17.3. The minimum absolute atomic E-state index is 0.0330. The Morgan fingerprint density at radius 2 is 1.61 bits per heavy atom. The molecule has 2 N–H and O–H groups in total. The Kier molecular flexibility index (Phi) is 18.0. The highest BCUT2D eigenvalue weighted by molar-refractivity contribution is 7.97. The quantitative estimate of drug-likeness (QED) is 0.0790. The molecule has 2 aromatic heterocycles. The Balaban J connectivity index is 0.00000173. The number of anilines is 2. The summed E-state index contributed by atoms with van der Waals surface area (Å²) in [5.74, 6) is -0.384. The Hall–Kier alpha value is -5.07. The van der Waals surface area contributed by atoms with Gasteiger partial charge >= 0.3 is 0 Å². The van der Waals surface area contributed by atoms with Crippen molar-refractivity contribution in [1.82, 2.24) is 38.9 Å². The zero-order chi connectivity index (χ0) is 47.5. The summed E-state index contributed by atoms with van der Waals surface area (Å²) in [6, 6.07) is 5.76. The van der Waals surface area contributed by atoms with E-state index in [0.29, 0.717) is 78.3 Å². The molecule has 7 rings (SSSR count). The van der Waals surface area contributed by atoms with E-state index in [1.54, 1.807) is 20.2 Å². The minimum atomic E-state index is -0.605. The van der Waals surface area contributed by atoms with Crippen LogP contribution in [-0.2, 0) is 9.59 Å². The second-order valence-corrected chi connectivity index (χ2v) is 19.4. The molecule has 0 spiro atoms. The average Bonchev–Trinajstić information content (AvgIpc) is 3.67. The van der Waals surface area contributed by atoms with Gasteiger partial charge in [-0.3, -0.25) is 18.7 Å². The number of nitrogens with zero attached hydrogens (tertiary/aromatic N) is 8. The van der Waals surface area contributed by atoms with E-state index in [4.69, 9.17) is 4.79 Å². The first-order chi connectivity index (χ1) is 31.7. The maximum absolute atomic E-state index is 15.3. The summed E-state index contributed by atoms with van der Waals surface area (Å²) in [5.41, 5.74) is 1.87. The summed E-state index contributed by atoms with van der Waals surface area (Å²) in [6.45, 7) is 14.1. The molecule has 0 saturated carbocycles. The summed E-state index contributed by atoms with van der Waals surface area (Å²) >= 11 is 1.98. The molecule has 0 bridgehead atoms. The number of fused-ring (bicyclic) bond motifs is 1. The molecule has 3 aliphatic rings. The molecule has 2 amide bonds. The van der Waals surface area contributed by atoms with Gasteiger partial charge in [-0.15, -0.1) is 0 Å². The fraction of sp³-hybridized carbons (Fsp3) is 0.562. The number of hydrogen-bond donors (Lipinski definition) is 2. The van der Waals surface area contributed by atoms with E-state index in [-0.39, 0.29) is 46.4 Å². The van der Waals surface area contributed by atoms with Gasteiger partial charge in [-0.05, 0) is 129 Å². The SMILES string of the molecule is CNC=O.Cc1nc2c(F)cc(-c3nc(NC4CCN(SC5CCN(CCC6CCN(c7cc(C(=O)N(C)C(C)CCC=O)c(C=O)cc7F)CC6)CC5)CC4)ncc3F)cc2n1C(C)C. The molecule has 18 heteroatoms. The van der Waals surface area contributed by atoms with Gasteiger partial charge in [0.05, 0.1) is 23.0 Å². The highest BCUT2D eigenvalue weighted by Gasteiger charge is 2.29. The number of amides is 2. The van der Waals surface area contributed by atoms with Crippen LogP contribution >= 0.6 is 11.9 Å². The lowest BCUT2D eigenvalue weighted by Gasteiger charge is -2.38. The predicted molar refractivity (Wildman–Crippen MR) is 254 cm³/mol. The van der Waals surface area contributed by atoms with Gasteiger partial charge in [-0.1, -0.05) is 11.9 Å². The van der Waals surface area contributed by atoms with E-state index in [2.05, 4.69) is 34.8 Å². The van der Waals surface area contributed by atoms with Crippen LogP contribution in [-0.4, -0.2) is 136 Å². The molecule has 2 aromatic carbocycles.